The number of nitrogens with zero attached hydrogens (tertiary/aromatic N) is 1. The van der Waals surface area contributed by atoms with Gasteiger partial charge in [0.2, 0.25) is 0 Å². The van der Waals surface area contributed by atoms with Crippen LogP contribution in [-0.4, -0.2) is 28.4 Å². The molecule has 0 fully saturated rings. The van der Waals surface area contributed by atoms with Crippen molar-refractivity contribution in [1.29, 1.82) is 0 Å². The molecule has 1 aromatic heterocycles. The molecule has 0 bridgehead atoms. The summed E-state index contributed by atoms with van der Waals surface area (Å²) in [5.74, 6) is 0. The van der Waals surface area contributed by atoms with Crippen LogP contribution in [0.3, 0.4) is 0 Å². The molecule has 0 saturated carbocycles. The van der Waals surface area contributed by atoms with Gasteiger partial charge in [-0.1, -0.05) is 6.07 Å². The highest BCUT2D eigenvalue weighted by Crippen LogP contribution is 2.31. The number of rotatable bonds is 3. The SMILES string of the molecule is NCC(O)(Cc1ccccn1)C(F)(F)F. The van der Waals surface area contributed by atoms with Crippen molar-refractivity contribution >= 4 is 0 Å². The van der Waals surface area contributed by atoms with Crippen molar-refractivity contribution in [2.24, 2.45) is 5.73 Å². The van der Waals surface area contributed by atoms with Crippen LogP contribution < -0.4 is 5.73 Å². The lowest BCUT2D eigenvalue weighted by Gasteiger charge is -2.28. The maximum atomic E-state index is 12.4. The minimum atomic E-state index is -4.75. The highest BCUT2D eigenvalue weighted by atomic mass is 19.4. The van der Waals surface area contributed by atoms with Gasteiger partial charge in [0, 0.05) is 24.9 Å². The Morgan fingerprint density at radius 1 is 1.33 bits per heavy atom. The van der Waals surface area contributed by atoms with Crippen LogP contribution in [-0.2, 0) is 6.42 Å². The van der Waals surface area contributed by atoms with Crippen LogP contribution in [0.15, 0.2) is 24.4 Å². The van der Waals surface area contributed by atoms with E-state index in [-0.39, 0.29) is 5.69 Å². The van der Waals surface area contributed by atoms with Crippen molar-refractivity contribution in [1.82, 2.24) is 4.98 Å². The van der Waals surface area contributed by atoms with Gasteiger partial charge in [-0.15, -0.1) is 0 Å². The zero-order valence-electron chi connectivity index (χ0n) is 7.83. The third kappa shape index (κ3) is 2.66. The van der Waals surface area contributed by atoms with E-state index in [1.165, 1.54) is 12.3 Å². The zero-order chi connectivity index (χ0) is 11.5. The molecule has 3 nitrogen and oxygen atoms in total. The monoisotopic (exact) mass is 220 g/mol. The Labute approximate surface area is 84.7 Å². The van der Waals surface area contributed by atoms with Crippen LogP contribution >= 0.6 is 0 Å². The van der Waals surface area contributed by atoms with Gasteiger partial charge >= 0.3 is 6.18 Å². The molecule has 0 aliphatic rings. The second-order valence-corrected chi connectivity index (χ2v) is 3.23. The number of hydrogen-bond donors (Lipinski definition) is 2. The second-order valence-electron chi connectivity index (χ2n) is 3.23. The van der Waals surface area contributed by atoms with Gasteiger partial charge in [0.1, 0.15) is 0 Å². The minimum Gasteiger partial charge on any atom is -0.379 e. The number of hydrogen-bond acceptors (Lipinski definition) is 3. The Balaban J connectivity index is 2.87. The first-order valence-electron chi connectivity index (χ1n) is 4.28. The summed E-state index contributed by atoms with van der Waals surface area (Å²) >= 11 is 0. The Kier molecular flexibility index (Phi) is 3.31. The predicted molar refractivity (Wildman–Crippen MR) is 48.0 cm³/mol. The molecule has 0 aliphatic heterocycles. The van der Waals surface area contributed by atoms with E-state index in [4.69, 9.17) is 5.73 Å². The molecule has 1 aromatic rings. The average molecular weight is 220 g/mol. The Bertz CT molecular complexity index is 315. The summed E-state index contributed by atoms with van der Waals surface area (Å²) in [7, 11) is 0. The van der Waals surface area contributed by atoms with Gasteiger partial charge in [-0.25, -0.2) is 0 Å². The van der Waals surface area contributed by atoms with E-state index >= 15 is 0 Å². The highest BCUT2D eigenvalue weighted by molar-refractivity contribution is 5.09. The van der Waals surface area contributed by atoms with E-state index in [0.717, 1.165) is 0 Å². The van der Waals surface area contributed by atoms with E-state index in [1.807, 2.05) is 0 Å². The van der Waals surface area contributed by atoms with E-state index in [9.17, 15) is 18.3 Å². The maximum absolute atomic E-state index is 12.4. The van der Waals surface area contributed by atoms with Crippen LogP contribution in [0.4, 0.5) is 13.2 Å². The number of nitrogens with two attached hydrogens (primary N) is 1. The van der Waals surface area contributed by atoms with E-state index in [0.29, 0.717) is 0 Å². The average Bonchev–Trinajstić information content (AvgIpc) is 2.17. The lowest BCUT2D eigenvalue weighted by Crippen LogP contribution is -2.53. The molecule has 0 radical (unpaired) electrons. The van der Waals surface area contributed by atoms with Crippen LogP contribution in [0.2, 0.25) is 0 Å². The molecular formula is C9H11F3N2O. The lowest BCUT2D eigenvalue weighted by atomic mass is 9.97. The molecule has 0 amide bonds. The van der Waals surface area contributed by atoms with Crippen molar-refractivity contribution in [3.8, 4) is 0 Å². The van der Waals surface area contributed by atoms with Gasteiger partial charge in [0.15, 0.2) is 5.60 Å². The third-order valence-corrected chi connectivity index (χ3v) is 2.07. The molecule has 84 valence electrons. The van der Waals surface area contributed by atoms with Gasteiger partial charge in [0.25, 0.3) is 0 Å². The quantitative estimate of drug-likeness (QED) is 0.794. The van der Waals surface area contributed by atoms with Gasteiger partial charge in [-0.2, -0.15) is 13.2 Å². The van der Waals surface area contributed by atoms with Crippen molar-refractivity contribution < 1.29 is 18.3 Å². The lowest BCUT2D eigenvalue weighted by molar-refractivity contribution is -0.255. The first-order chi connectivity index (χ1) is 6.89. The predicted octanol–water partition coefficient (Wildman–Crippen LogP) is 0.876. The fourth-order valence-corrected chi connectivity index (χ4v) is 1.09. The molecule has 0 saturated heterocycles. The van der Waals surface area contributed by atoms with Gasteiger partial charge < -0.3 is 10.8 Å². The first kappa shape index (κ1) is 11.9. The summed E-state index contributed by atoms with van der Waals surface area (Å²) in [6.07, 6.45) is -4.02. The summed E-state index contributed by atoms with van der Waals surface area (Å²) < 4.78 is 37.3. The van der Waals surface area contributed by atoms with Crippen molar-refractivity contribution in [3.05, 3.63) is 30.1 Å². The van der Waals surface area contributed by atoms with Crippen LogP contribution in [0.5, 0.6) is 0 Å². The van der Waals surface area contributed by atoms with Crippen LogP contribution in [0, 0.1) is 0 Å². The minimum absolute atomic E-state index is 0.155. The highest BCUT2D eigenvalue weighted by Gasteiger charge is 2.52. The van der Waals surface area contributed by atoms with Gasteiger partial charge in [-0.05, 0) is 12.1 Å². The standard InChI is InChI=1S/C9H11F3N2O/c10-9(11,12)8(15,6-13)5-7-3-1-2-4-14-7/h1-4,15H,5-6,13H2. The number of aromatic nitrogens is 1. The summed E-state index contributed by atoms with van der Waals surface area (Å²) in [6, 6.07) is 4.54. The van der Waals surface area contributed by atoms with Crippen molar-refractivity contribution in [2.45, 2.75) is 18.2 Å². The molecule has 1 rings (SSSR count). The van der Waals surface area contributed by atoms with Crippen LogP contribution in [0.1, 0.15) is 5.69 Å². The molecule has 15 heavy (non-hydrogen) atoms. The summed E-state index contributed by atoms with van der Waals surface area (Å²) in [5.41, 5.74) is 2.20. The molecule has 6 heteroatoms. The van der Waals surface area contributed by atoms with E-state index in [2.05, 4.69) is 4.98 Å². The third-order valence-electron chi connectivity index (χ3n) is 2.07. The molecule has 1 atom stereocenters. The number of alkyl halides is 3. The number of pyridine rings is 1. The number of halogens is 3. The first-order valence-corrected chi connectivity index (χ1v) is 4.28. The zero-order valence-corrected chi connectivity index (χ0v) is 7.83. The Hall–Kier alpha value is -1.14. The van der Waals surface area contributed by atoms with Crippen molar-refractivity contribution in [2.75, 3.05) is 6.54 Å². The Morgan fingerprint density at radius 2 is 2.00 bits per heavy atom. The summed E-state index contributed by atoms with van der Waals surface area (Å²) in [6.45, 7) is -0.882. The number of aliphatic hydroxyl groups is 1. The van der Waals surface area contributed by atoms with Crippen LogP contribution in [0.25, 0.3) is 0 Å². The van der Waals surface area contributed by atoms with Crippen molar-refractivity contribution in [3.63, 3.8) is 0 Å². The Morgan fingerprint density at radius 3 is 2.40 bits per heavy atom. The second kappa shape index (κ2) is 4.16. The van der Waals surface area contributed by atoms with E-state index < -0.39 is 24.7 Å². The molecule has 0 spiro atoms. The molecule has 1 heterocycles. The topological polar surface area (TPSA) is 59.1 Å². The molecule has 3 N–H and O–H groups in total. The molecular weight excluding hydrogens is 209 g/mol. The maximum Gasteiger partial charge on any atom is 0.418 e. The normalized spacial score (nSPS) is 16.1. The van der Waals surface area contributed by atoms with Gasteiger partial charge in [-0.3, -0.25) is 4.98 Å². The molecule has 0 aliphatic carbocycles. The fraction of sp³-hybridized carbons (Fsp3) is 0.444. The summed E-state index contributed by atoms with van der Waals surface area (Å²) in [5, 5.41) is 9.32. The fourth-order valence-electron chi connectivity index (χ4n) is 1.09. The summed E-state index contributed by atoms with van der Waals surface area (Å²) in [4.78, 5) is 3.71. The molecule has 0 aromatic carbocycles. The van der Waals surface area contributed by atoms with E-state index in [1.54, 1.807) is 12.1 Å². The smallest absolute Gasteiger partial charge is 0.379 e. The molecule has 1 unspecified atom stereocenters. The van der Waals surface area contributed by atoms with Gasteiger partial charge in [0.05, 0.1) is 0 Å². The largest absolute Gasteiger partial charge is 0.418 e.